The van der Waals surface area contributed by atoms with Crippen LogP contribution in [-0.4, -0.2) is 51.6 Å². The fourth-order valence-corrected chi connectivity index (χ4v) is 6.07. The number of imidazole rings is 1. The van der Waals surface area contributed by atoms with Gasteiger partial charge in [0.15, 0.2) is 0 Å². The van der Waals surface area contributed by atoms with Crippen molar-refractivity contribution in [2.45, 2.75) is 70.2 Å². The highest BCUT2D eigenvalue weighted by molar-refractivity contribution is 5.95. The second-order valence-corrected chi connectivity index (χ2v) is 10.3. The summed E-state index contributed by atoms with van der Waals surface area (Å²) < 4.78 is 51.9. The van der Waals surface area contributed by atoms with Crippen molar-refractivity contribution >= 4 is 28.8 Å². The molecule has 0 radical (unpaired) electrons. The molecule has 0 spiro atoms. The van der Waals surface area contributed by atoms with Crippen LogP contribution in [0.5, 0.6) is 5.75 Å². The summed E-state index contributed by atoms with van der Waals surface area (Å²) in [6.45, 7) is -1.30. The molecule has 3 aromatic rings. The number of carboxylic acid groups (broad SMARTS) is 1. The lowest BCUT2D eigenvalue weighted by molar-refractivity contribution is -0.143. The predicted octanol–water partition coefficient (Wildman–Crippen LogP) is 5.58. The first-order valence-corrected chi connectivity index (χ1v) is 13.2. The van der Waals surface area contributed by atoms with Gasteiger partial charge in [-0.2, -0.15) is 8.78 Å². The lowest BCUT2D eigenvalue weighted by atomic mass is 9.85. The van der Waals surface area contributed by atoms with Crippen LogP contribution in [0.2, 0.25) is 0 Å². The normalized spacial score (nSPS) is 21.8. The summed E-state index contributed by atoms with van der Waals surface area (Å²) in [6, 6.07) is 5.89. The molecule has 4 atom stereocenters. The minimum atomic E-state index is -3.21. The van der Waals surface area contributed by atoms with E-state index in [1.165, 1.54) is 12.0 Å². The highest BCUT2D eigenvalue weighted by Crippen LogP contribution is 2.43. The molecule has 0 saturated heterocycles. The zero-order valence-electron chi connectivity index (χ0n) is 22.0. The van der Waals surface area contributed by atoms with E-state index >= 15 is 0 Å². The molecule has 1 saturated carbocycles. The van der Waals surface area contributed by atoms with Gasteiger partial charge in [0.25, 0.3) is 0 Å². The minimum Gasteiger partial charge on any atom is -0.481 e. The van der Waals surface area contributed by atoms with Crippen molar-refractivity contribution in [3.63, 3.8) is 0 Å². The van der Waals surface area contributed by atoms with Crippen molar-refractivity contribution in [2.24, 2.45) is 5.92 Å². The number of carboxylic acids is 1. The molecule has 2 heterocycles. The number of carbonyl (C=O) groups is 2. The molecule has 1 aromatic heterocycles. The van der Waals surface area contributed by atoms with Gasteiger partial charge in [-0.25, -0.2) is 14.2 Å². The summed E-state index contributed by atoms with van der Waals surface area (Å²) in [5.74, 6) is -2.65. The number of hydrogen-bond acceptors (Lipinski definition) is 6. The first-order valence-electron chi connectivity index (χ1n) is 13.2. The third-order valence-corrected chi connectivity index (χ3v) is 7.94. The SMILES string of the molecule is COC(=O)N1c2ccc3c(nc([C@@H](O)c4cc(F)ccc4OC(F)F)n3[C@H]3CCC[C@@H](C(=O)O)C3)c2CC[C@@H]1C. The first-order chi connectivity index (χ1) is 19.1. The van der Waals surface area contributed by atoms with E-state index in [4.69, 9.17) is 9.72 Å². The van der Waals surface area contributed by atoms with E-state index in [2.05, 4.69) is 4.74 Å². The number of hydrogen-bond donors (Lipinski definition) is 2. The number of aryl methyl sites for hydroxylation is 1. The largest absolute Gasteiger partial charge is 0.481 e. The summed E-state index contributed by atoms with van der Waals surface area (Å²) in [7, 11) is 1.30. The van der Waals surface area contributed by atoms with Crippen molar-refractivity contribution in [1.82, 2.24) is 9.55 Å². The lowest BCUT2D eigenvalue weighted by Gasteiger charge is -2.34. The molecule has 2 aromatic carbocycles. The second-order valence-electron chi connectivity index (χ2n) is 10.3. The van der Waals surface area contributed by atoms with E-state index in [-0.39, 0.29) is 29.9 Å². The molecule has 40 heavy (non-hydrogen) atoms. The second kappa shape index (κ2) is 11.0. The number of benzene rings is 2. The Morgan fingerprint density at radius 3 is 2.62 bits per heavy atom. The minimum absolute atomic E-state index is 0.0485. The Morgan fingerprint density at radius 2 is 1.93 bits per heavy atom. The molecule has 1 aliphatic carbocycles. The summed E-state index contributed by atoms with van der Waals surface area (Å²) in [4.78, 5) is 30.8. The van der Waals surface area contributed by atoms with Crippen LogP contribution in [0.4, 0.5) is 23.7 Å². The van der Waals surface area contributed by atoms with Crippen molar-refractivity contribution < 1.29 is 42.4 Å². The van der Waals surface area contributed by atoms with E-state index in [1.807, 2.05) is 6.92 Å². The summed E-state index contributed by atoms with van der Waals surface area (Å²) in [5, 5.41) is 21.3. The maximum atomic E-state index is 14.3. The molecule has 1 amide bonds. The molecule has 2 aliphatic rings. The maximum absolute atomic E-state index is 14.3. The molecule has 9 nitrogen and oxygen atoms in total. The van der Waals surface area contributed by atoms with Crippen molar-refractivity contribution in [3.05, 3.63) is 53.1 Å². The smallest absolute Gasteiger partial charge is 0.414 e. The number of nitrogens with zero attached hydrogens (tertiary/aromatic N) is 3. The van der Waals surface area contributed by atoms with E-state index in [9.17, 15) is 33.0 Å². The molecule has 0 unspecified atom stereocenters. The molecule has 12 heteroatoms. The number of aliphatic hydroxyl groups excluding tert-OH is 1. The average molecular weight is 562 g/mol. The van der Waals surface area contributed by atoms with Crippen LogP contribution in [0.15, 0.2) is 30.3 Å². The molecule has 2 N–H and O–H groups in total. The van der Waals surface area contributed by atoms with Crippen molar-refractivity contribution in [2.75, 3.05) is 12.0 Å². The number of amides is 1. The molecule has 1 aliphatic heterocycles. The Labute approximate surface area is 228 Å². The Bertz CT molecular complexity index is 1440. The van der Waals surface area contributed by atoms with Gasteiger partial charge in [-0.1, -0.05) is 6.42 Å². The lowest BCUT2D eigenvalue weighted by Crippen LogP contribution is -2.42. The van der Waals surface area contributed by atoms with E-state index in [0.29, 0.717) is 48.8 Å². The van der Waals surface area contributed by atoms with Crippen LogP contribution in [0.1, 0.15) is 68.1 Å². The van der Waals surface area contributed by atoms with Gasteiger partial charge in [-0.3, -0.25) is 9.69 Å². The Hall–Kier alpha value is -3.80. The van der Waals surface area contributed by atoms with Crippen LogP contribution < -0.4 is 9.64 Å². The average Bonchev–Trinajstić information content (AvgIpc) is 3.33. The van der Waals surface area contributed by atoms with Gasteiger partial charge in [0, 0.05) is 23.2 Å². The highest BCUT2D eigenvalue weighted by Gasteiger charge is 2.36. The number of ether oxygens (including phenoxy) is 2. The molecule has 0 bridgehead atoms. The number of methoxy groups -OCH3 is 1. The Kier molecular flexibility index (Phi) is 7.63. The number of aromatic nitrogens is 2. The van der Waals surface area contributed by atoms with E-state index in [1.54, 1.807) is 16.7 Å². The van der Waals surface area contributed by atoms with Gasteiger partial charge >= 0.3 is 18.7 Å². The summed E-state index contributed by atoms with van der Waals surface area (Å²) in [5.41, 5.74) is 2.18. The third kappa shape index (κ3) is 4.96. The molecule has 214 valence electrons. The fraction of sp³-hybridized carbons (Fsp3) is 0.464. The number of carbonyl (C=O) groups excluding carboxylic acids is 1. The van der Waals surface area contributed by atoms with E-state index in [0.717, 1.165) is 23.8 Å². The number of alkyl halides is 2. The topological polar surface area (TPSA) is 114 Å². The number of halogens is 3. The highest BCUT2D eigenvalue weighted by atomic mass is 19.3. The quantitative estimate of drug-likeness (QED) is 0.404. The van der Waals surface area contributed by atoms with Gasteiger partial charge in [0.1, 0.15) is 23.5 Å². The monoisotopic (exact) mass is 561 g/mol. The zero-order chi connectivity index (χ0) is 28.7. The number of aliphatic hydroxyl groups is 1. The summed E-state index contributed by atoms with van der Waals surface area (Å²) in [6.07, 6.45) is 0.980. The number of rotatable bonds is 6. The number of anilines is 1. The Balaban J connectivity index is 1.71. The third-order valence-electron chi connectivity index (χ3n) is 7.94. The van der Waals surface area contributed by atoms with Crippen LogP contribution in [0.3, 0.4) is 0 Å². The van der Waals surface area contributed by atoms with Gasteiger partial charge in [0.05, 0.1) is 29.7 Å². The summed E-state index contributed by atoms with van der Waals surface area (Å²) >= 11 is 0. The van der Waals surface area contributed by atoms with Gasteiger partial charge in [-0.05, 0) is 69.4 Å². The van der Waals surface area contributed by atoms with Gasteiger partial charge < -0.3 is 24.3 Å². The zero-order valence-corrected chi connectivity index (χ0v) is 22.0. The van der Waals surface area contributed by atoms with E-state index < -0.39 is 42.3 Å². The number of aliphatic carboxylic acids is 1. The van der Waals surface area contributed by atoms with Crippen LogP contribution in [-0.2, 0) is 16.0 Å². The van der Waals surface area contributed by atoms with Crippen molar-refractivity contribution in [1.29, 1.82) is 0 Å². The van der Waals surface area contributed by atoms with Crippen LogP contribution in [0, 0.1) is 11.7 Å². The predicted molar refractivity (Wildman–Crippen MR) is 138 cm³/mol. The van der Waals surface area contributed by atoms with Crippen LogP contribution >= 0.6 is 0 Å². The molecular formula is C28H30F3N3O6. The first kappa shape index (κ1) is 27.8. The molecule has 5 rings (SSSR count). The number of fused-ring (bicyclic) bond motifs is 3. The maximum Gasteiger partial charge on any atom is 0.414 e. The van der Waals surface area contributed by atoms with Gasteiger partial charge in [-0.15, -0.1) is 0 Å². The fourth-order valence-electron chi connectivity index (χ4n) is 6.07. The molecular weight excluding hydrogens is 531 g/mol. The molecule has 1 fully saturated rings. The van der Waals surface area contributed by atoms with Gasteiger partial charge in [0.2, 0.25) is 0 Å². The Morgan fingerprint density at radius 1 is 1.15 bits per heavy atom. The van der Waals surface area contributed by atoms with Crippen molar-refractivity contribution in [3.8, 4) is 5.75 Å². The standard InChI is InChI=1S/C28H30F3N3O6/c1-14-6-8-18-20(33(14)28(38)39-2)9-10-21-23(18)32-25(34(21)17-5-3-4-15(12-17)26(36)37)24(35)19-13-16(29)7-11-22(19)40-27(30)31/h7,9-11,13-15,17,24,27,35H,3-6,8,12H2,1-2H3,(H,36,37)/t14-,15+,17-,24-/m0/s1. The van der Waals surface area contributed by atoms with Crippen LogP contribution in [0.25, 0.3) is 11.0 Å².